The van der Waals surface area contributed by atoms with Gasteiger partial charge >= 0.3 is 0 Å². The van der Waals surface area contributed by atoms with Crippen molar-refractivity contribution < 1.29 is 17.9 Å². The minimum Gasteiger partial charge on any atom is -0.381 e. The summed E-state index contributed by atoms with van der Waals surface area (Å²) in [6.07, 6.45) is 1.67. The first-order valence-electron chi connectivity index (χ1n) is 7.18. The van der Waals surface area contributed by atoms with E-state index in [9.17, 15) is 13.2 Å². The van der Waals surface area contributed by atoms with E-state index in [1.54, 1.807) is 13.0 Å². The molecule has 1 N–H and O–H groups in total. The van der Waals surface area contributed by atoms with Crippen molar-refractivity contribution in [1.29, 1.82) is 0 Å². The molecule has 1 aliphatic rings. The number of halogens is 1. The van der Waals surface area contributed by atoms with Gasteiger partial charge in [0.05, 0.1) is 12.4 Å². The van der Waals surface area contributed by atoms with Crippen molar-refractivity contribution in [2.45, 2.75) is 26.7 Å². The molecule has 1 unspecified atom stereocenters. The Labute approximate surface area is 139 Å². The van der Waals surface area contributed by atoms with Crippen LogP contribution in [0, 0.1) is 19.8 Å². The van der Waals surface area contributed by atoms with Gasteiger partial charge in [-0.3, -0.25) is 4.79 Å². The summed E-state index contributed by atoms with van der Waals surface area (Å²) in [7, 11) is -3.66. The Morgan fingerprint density at radius 2 is 2.09 bits per heavy atom. The van der Waals surface area contributed by atoms with Gasteiger partial charge in [-0.25, -0.2) is 13.1 Å². The minimum absolute atomic E-state index is 0.0493. The quantitative estimate of drug-likeness (QED) is 0.858. The van der Waals surface area contributed by atoms with Crippen molar-refractivity contribution in [2.75, 3.05) is 19.0 Å². The highest BCUT2D eigenvalue weighted by atomic mass is 79.9. The molecule has 2 rings (SSSR count). The van der Waals surface area contributed by atoms with Crippen LogP contribution in [-0.4, -0.2) is 33.3 Å². The topological polar surface area (TPSA) is 72.5 Å². The Bertz CT molecular complexity index is 666. The first-order valence-corrected chi connectivity index (χ1v) is 9.62. The summed E-state index contributed by atoms with van der Waals surface area (Å²) in [5, 5.41) is 0. The van der Waals surface area contributed by atoms with E-state index in [4.69, 9.17) is 4.74 Å². The van der Waals surface area contributed by atoms with E-state index >= 15 is 0 Å². The molecule has 1 heterocycles. The third-order valence-corrected chi connectivity index (χ3v) is 5.97. The van der Waals surface area contributed by atoms with Gasteiger partial charge in [0.15, 0.2) is 0 Å². The lowest BCUT2D eigenvalue weighted by molar-refractivity contribution is 0.0624. The highest BCUT2D eigenvalue weighted by Gasteiger charge is 2.24. The monoisotopic (exact) mass is 389 g/mol. The Balaban J connectivity index is 2.08. The van der Waals surface area contributed by atoms with Crippen LogP contribution in [0.1, 0.15) is 34.3 Å². The van der Waals surface area contributed by atoms with Gasteiger partial charge in [-0.1, -0.05) is 15.9 Å². The molecule has 22 heavy (non-hydrogen) atoms. The highest BCUT2D eigenvalue weighted by molar-refractivity contribution is 9.10. The molecule has 0 bridgehead atoms. The van der Waals surface area contributed by atoms with E-state index in [0.717, 1.165) is 28.4 Å². The van der Waals surface area contributed by atoms with E-state index < -0.39 is 15.9 Å². The Hall–Kier alpha value is -0.920. The van der Waals surface area contributed by atoms with Crippen LogP contribution in [0.2, 0.25) is 0 Å². The fourth-order valence-electron chi connectivity index (χ4n) is 2.51. The van der Waals surface area contributed by atoms with Crippen molar-refractivity contribution in [3.8, 4) is 0 Å². The van der Waals surface area contributed by atoms with E-state index in [0.29, 0.717) is 18.8 Å². The lowest BCUT2D eigenvalue weighted by Gasteiger charge is -2.21. The Morgan fingerprint density at radius 1 is 1.36 bits per heavy atom. The summed E-state index contributed by atoms with van der Waals surface area (Å²) in [6.45, 7) is 4.75. The van der Waals surface area contributed by atoms with Gasteiger partial charge in [0.25, 0.3) is 5.91 Å². The molecule has 1 aliphatic heterocycles. The van der Waals surface area contributed by atoms with Gasteiger partial charge in [-0.2, -0.15) is 0 Å². The third-order valence-electron chi connectivity index (χ3n) is 3.71. The highest BCUT2D eigenvalue weighted by Crippen LogP contribution is 2.21. The Morgan fingerprint density at radius 3 is 2.73 bits per heavy atom. The molecule has 1 amide bonds. The second kappa shape index (κ2) is 7.10. The molecule has 1 saturated heterocycles. The maximum absolute atomic E-state index is 12.2. The number of hydrogen-bond donors (Lipinski definition) is 1. The number of carbonyl (C=O) groups excluding carboxylic acids is 1. The molecular formula is C15H20BrNO4S. The van der Waals surface area contributed by atoms with Gasteiger partial charge in [-0.15, -0.1) is 0 Å². The molecule has 1 atom stereocenters. The van der Waals surface area contributed by atoms with Gasteiger partial charge in [0.1, 0.15) is 0 Å². The normalized spacial score (nSPS) is 19.0. The van der Waals surface area contributed by atoms with E-state index in [-0.39, 0.29) is 11.7 Å². The molecule has 0 spiro atoms. The fraction of sp³-hybridized carbons (Fsp3) is 0.533. The number of sulfonamides is 1. The summed E-state index contributed by atoms with van der Waals surface area (Å²) in [5.74, 6) is -0.704. The molecule has 1 aromatic carbocycles. The lowest BCUT2D eigenvalue weighted by atomic mass is 10.1. The summed E-state index contributed by atoms with van der Waals surface area (Å²) >= 11 is 3.39. The van der Waals surface area contributed by atoms with Crippen molar-refractivity contribution in [3.63, 3.8) is 0 Å². The van der Waals surface area contributed by atoms with Crippen LogP contribution < -0.4 is 4.72 Å². The van der Waals surface area contributed by atoms with Gasteiger partial charge in [0.2, 0.25) is 10.0 Å². The molecule has 7 heteroatoms. The number of benzene rings is 1. The summed E-state index contributed by atoms with van der Waals surface area (Å²) in [6, 6.07) is 3.50. The minimum atomic E-state index is -3.66. The Kier molecular flexibility index (Phi) is 5.63. The summed E-state index contributed by atoms with van der Waals surface area (Å²) < 4.78 is 32.6. The van der Waals surface area contributed by atoms with Gasteiger partial charge in [0, 0.05) is 16.6 Å². The smallest absolute Gasteiger partial charge is 0.265 e. The molecule has 0 radical (unpaired) electrons. The first-order chi connectivity index (χ1) is 10.3. The maximum atomic E-state index is 12.2. The zero-order valence-electron chi connectivity index (χ0n) is 12.7. The lowest BCUT2D eigenvalue weighted by Crippen LogP contribution is -2.37. The van der Waals surface area contributed by atoms with Crippen LogP contribution in [0.3, 0.4) is 0 Å². The number of hydrogen-bond acceptors (Lipinski definition) is 4. The van der Waals surface area contributed by atoms with Crippen LogP contribution >= 0.6 is 15.9 Å². The van der Waals surface area contributed by atoms with Crippen LogP contribution in [0.5, 0.6) is 0 Å². The van der Waals surface area contributed by atoms with Crippen molar-refractivity contribution in [2.24, 2.45) is 5.92 Å². The predicted octanol–water partition coefficient (Wildman–Crippen LogP) is 2.55. The fourth-order valence-corrected chi connectivity index (χ4v) is 4.33. The maximum Gasteiger partial charge on any atom is 0.265 e. The second-order valence-corrected chi connectivity index (χ2v) is 8.33. The number of rotatable bonds is 4. The SMILES string of the molecule is Cc1cc(C(=O)NS(=O)(=O)CC2CCCOC2)c(C)cc1Br. The summed E-state index contributed by atoms with van der Waals surface area (Å²) in [4.78, 5) is 12.2. The molecule has 0 saturated carbocycles. The number of carbonyl (C=O) groups is 1. The standard InChI is InChI=1S/C15H20BrNO4S/c1-10-7-14(16)11(2)6-13(10)15(18)17-22(19,20)9-12-4-3-5-21-8-12/h6-7,12H,3-5,8-9H2,1-2H3,(H,17,18). The zero-order chi connectivity index (χ0) is 16.3. The van der Waals surface area contributed by atoms with Crippen molar-refractivity contribution in [3.05, 3.63) is 33.3 Å². The average molecular weight is 390 g/mol. The average Bonchev–Trinajstić information content (AvgIpc) is 2.42. The van der Waals surface area contributed by atoms with Crippen molar-refractivity contribution in [1.82, 2.24) is 4.72 Å². The number of amides is 1. The van der Waals surface area contributed by atoms with Crippen LogP contribution in [-0.2, 0) is 14.8 Å². The third kappa shape index (κ3) is 4.54. The van der Waals surface area contributed by atoms with Crippen LogP contribution in [0.25, 0.3) is 0 Å². The van der Waals surface area contributed by atoms with Crippen LogP contribution in [0.4, 0.5) is 0 Å². The molecule has 1 aromatic rings. The van der Waals surface area contributed by atoms with E-state index in [1.165, 1.54) is 0 Å². The van der Waals surface area contributed by atoms with E-state index in [2.05, 4.69) is 20.7 Å². The number of nitrogens with one attached hydrogen (secondary N) is 1. The van der Waals surface area contributed by atoms with Gasteiger partial charge < -0.3 is 4.74 Å². The predicted molar refractivity (Wildman–Crippen MR) is 88.4 cm³/mol. The molecule has 0 aliphatic carbocycles. The second-order valence-electron chi connectivity index (χ2n) is 5.71. The molecule has 122 valence electrons. The molecule has 0 aromatic heterocycles. The number of aryl methyl sites for hydroxylation is 2. The first kappa shape index (κ1) is 17.4. The zero-order valence-corrected chi connectivity index (χ0v) is 15.1. The largest absolute Gasteiger partial charge is 0.381 e. The van der Waals surface area contributed by atoms with E-state index in [1.807, 2.05) is 13.0 Å². The van der Waals surface area contributed by atoms with Gasteiger partial charge in [-0.05, 0) is 55.9 Å². The van der Waals surface area contributed by atoms with Crippen molar-refractivity contribution >= 4 is 31.9 Å². The molecule has 5 nitrogen and oxygen atoms in total. The molecule has 1 fully saturated rings. The van der Waals surface area contributed by atoms with Crippen LogP contribution in [0.15, 0.2) is 16.6 Å². The number of ether oxygens (including phenoxy) is 1. The summed E-state index contributed by atoms with van der Waals surface area (Å²) in [5.41, 5.74) is 1.99. The molecular weight excluding hydrogens is 370 g/mol.